The Hall–Kier alpha value is -1.85. The van der Waals surface area contributed by atoms with Gasteiger partial charge < -0.3 is 15.8 Å². The highest BCUT2D eigenvalue weighted by molar-refractivity contribution is 5.86. The van der Waals surface area contributed by atoms with Gasteiger partial charge in [0.25, 0.3) is 0 Å². The summed E-state index contributed by atoms with van der Waals surface area (Å²) in [6, 6.07) is 1.73. The third kappa shape index (κ3) is 3.58. The maximum Gasteiger partial charge on any atom is 0.242 e. The Morgan fingerprint density at radius 1 is 1.53 bits per heavy atom. The van der Waals surface area contributed by atoms with Crippen molar-refractivity contribution in [3.8, 4) is 5.88 Å². The molecule has 1 amide bonds. The number of primary amides is 1. The van der Waals surface area contributed by atoms with Crippen LogP contribution in [0, 0.1) is 6.92 Å². The lowest BCUT2D eigenvalue weighted by molar-refractivity contribution is -0.121. The van der Waals surface area contributed by atoms with Crippen molar-refractivity contribution >= 4 is 11.9 Å². The number of hydrogen-bond donors (Lipinski definition) is 2. The second kappa shape index (κ2) is 4.99. The van der Waals surface area contributed by atoms with Crippen LogP contribution in [0.3, 0.4) is 0 Å². The van der Waals surface area contributed by atoms with Crippen LogP contribution in [0.15, 0.2) is 6.07 Å². The van der Waals surface area contributed by atoms with Crippen LogP contribution in [0.4, 0.5) is 5.95 Å². The number of aryl methyl sites for hydroxylation is 1. The van der Waals surface area contributed by atoms with E-state index in [1.54, 1.807) is 19.9 Å². The molecule has 0 bridgehead atoms. The summed E-state index contributed by atoms with van der Waals surface area (Å²) in [6.45, 7) is 7.56. The van der Waals surface area contributed by atoms with Crippen molar-refractivity contribution in [2.45, 2.75) is 33.2 Å². The zero-order valence-corrected chi connectivity index (χ0v) is 10.6. The fourth-order valence-electron chi connectivity index (χ4n) is 1.16. The molecule has 6 heteroatoms. The fraction of sp³-hybridized carbons (Fsp3) is 0.545. The summed E-state index contributed by atoms with van der Waals surface area (Å²) in [5.74, 6) is 0.334. The van der Waals surface area contributed by atoms with Crippen LogP contribution >= 0.6 is 0 Å². The van der Waals surface area contributed by atoms with Crippen LogP contribution in [-0.2, 0) is 4.79 Å². The van der Waals surface area contributed by atoms with Gasteiger partial charge in [-0.25, -0.2) is 4.98 Å². The molecular formula is C11H18N4O2. The van der Waals surface area contributed by atoms with E-state index in [4.69, 9.17) is 10.5 Å². The average molecular weight is 238 g/mol. The molecule has 0 spiro atoms. The lowest BCUT2D eigenvalue weighted by atomic mass is 10.1. The van der Waals surface area contributed by atoms with Crippen LogP contribution < -0.4 is 15.8 Å². The Labute approximate surface area is 101 Å². The largest absolute Gasteiger partial charge is 0.478 e. The molecule has 0 unspecified atom stereocenters. The summed E-state index contributed by atoms with van der Waals surface area (Å²) < 4.78 is 5.30. The first kappa shape index (κ1) is 13.2. The van der Waals surface area contributed by atoms with Crippen LogP contribution in [0.1, 0.15) is 26.5 Å². The Kier molecular flexibility index (Phi) is 3.88. The molecule has 94 valence electrons. The number of aromatic nitrogens is 2. The number of nitrogens with one attached hydrogen (secondary N) is 1. The van der Waals surface area contributed by atoms with Crippen LogP contribution in [0.5, 0.6) is 5.88 Å². The number of rotatable bonds is 5. The lowest BCUT2D eigenvalue weighted by Crippen LogP contribution is -2.45. The summed E-state index contributed by atoms with van der Waals surface area (Å²) in [5, 5.41) is 2.88. The number of nitrogens with two attached hydrogens (primary N) is 1. The predicted octanol–water partition coefficient (Wildman–Crippen LogP) is 0.860. The summed E-state index contributed by atoms with van der Waals surface area (Å²) >= 11 is 0. The molecule has 0 aromatic carbocycles. The van der Waals surface area contributed by atoms with Crippen LogP contribution in [0.2, 0.25) is 0 Å². The zero-order valence-electron chi connectivity index (χ0n) is 10.6. The number of carbonyl (C=O) groups is 1. The molecule has 6 nitrogen and oxygen atoms in total. The van der Waals surface area contributed by atoms with E-state index in [0.29, 0.717) is 18.4 Å². The average Bonchev–Trinajstić information content (AvgIpc) is 2.15. The highest BCUT2D eigenvalue weighted by atomic mass is 16.5. The number of amides is 1. The molecular weight excluding hydrogens is 220 g/mol. The fourth-order valence-corrected chi connectivity index (χ4v) is 1.16. The van der Waals surface area contributed by atoms with E-state index in [0.717, 1.165) is 5.69 Å². The molecule has 0 radical (unpaired) electrons. The monoisotopic (exact) mass is 238 g/mol. The SMILES string of the molecule is CCOc1cc(C)nc(NC(C)(C)C(N)=O)n1. The van der Waals surface area contributed by atoms with Gasteiger partial charge in [-0.15, -0.1) is 0 Å². The summed E-state index contributed by atoms with van der Waals surface area (Å²) in [7, 11) is 0. The Morgan fingerprint density at radius 3 is 2.71 bits per heavy atom. The van der Waals surface area contributed by atoms with Gasteiger partial charge in [0.2, 0.25) is 17.7 Å². The Bertz CT molecular complexity index is 418. The highest BCUT2D eigenvalue weighted by Gasteiger charge is 2.25. The molecule has 0 atom stereocenters. The zero-order chi connectivity index (χ0) is 13.1. The van der Waals surface area contributed by atoms with Gasteiger partial charge in [-0.05, 0) is 27.7 Å². The predicted molar refractivity (Wildman–Crippen MR) is 64.8 cm³/mol. The van der Waals surface area contributed by atoms with Gasteiger partial charge in [-0.3, -0.25) is 4.79 Å². The molecule has 1 aromatic rings. The van der Waals surface area contributed by atoms with Crippen molar-refractivity contribution in [1.82, 2.24) is 9.97 Å². The summed E-state index contributed by atoms with van der Waals surface area (Å²) in [4.78, 5) is 19.5. The topological polar surface area (TPSA) is 90.1 Å². The quantitative estimate of drug-likeness (QED) is 0.794. The van der Waals surface area contributed by atoms with Crippen molar-refractivity contribution in [2.75, 3.05) is 11.9 Å². The van der Waals surface area contributed by atoms with Gasteiger partial charge in [0.1, 0.15) is 5.54 Å². The third-order valence-electron chi connectivity index (χ3n) is 2.16. The number of nitrogens with zero attached hydrogens (tertiary/aromatic N) is 2. The molecule has 1 rings (SSSR count). The maximum atomic E-state index is 11.2. The molecule has 0 fully saturated rings. The van der Waals surface area contributed by atoms with Crippen molar-refractivity contribution in [3.05, 3.63) is 11.8 Å². The van der Waals surface area contributed by atoms with Crippen molar-refractivity contribution in [2.24, 2.45) is 5.73 Å². The molecule has 0 aliphatic heterocycles. The van der Waals surface area contributed by atoms with Gasteiger partial charge in [0, 0.05) is 11.8 Å². The van der Waals surface area contributed by atoms with Crippen molar-refractivity contribution in [3.63, 3.8) is 0 Å². The minimum absolute atomic E-state index is 0.331. The molecule has 3 N–H and O–H groups in total. The first-order chi connectivity index (χ1) is 7.85. The molecule has 0 aliphatic rings. The molecule has 0 saturated heterocycles. The number of carbonyl (C=O) groups excluding carboxylic acids is 1. The van der Waals surface area contributed by atoms with E-state index in [1.807, 2.05) is 13.8 Å². The molecule has 0 saturated carbocycles. The van der Waals surface area contributed by atoms with Crippen molar-refractivity contribution in [1.29, 1.82) is 0 Å². The van der Waals surface area contributed by atoms with E-state index in [9.17, 15) is 4.79 Å². The molecule has 1 aromatic heterocycles. The molecule has 17 heavy (non-hydrogen) atoms. The second-order valence-corrected chi connectivity index (χ2v) is 4.22. The lowest BCUT2D eigenvalue weighted by Gasteiger charge is -2.22. The van der Waals surface area contributed by atoms with Gasteiger partial charge in [-0.1, -0.05) is 0 Å². The third-order valence-corrected chi connectivity index (χ3v) is 2.16. The van der Waals surface area contributed by atoms with Crippen LogP contribution in [-0.4, -0.2) is 28.0 Å². The Morgan fingerprint density at radius 2 is 2.18 bits per heavy atom. The minimum Gasteiger partial charge on any atom is -0.478 e. The highest BCUT2D eigenvalue weighted by Crippen LogP contribution is 2.15. The van der Waals surface area contributed by atoms with Gasteiger partial charge in [0.05, 0.1) is 6.61 Å². The standard InChI is InChI=1S/C11H18N4O2/c1-5-17-8-6-7(2)13-10(14-8)15-11(3,4)9(12)16/h6H,5H2,1-4H3,(H2,12,16)(H,13,14,15). The van der Waals surface area contributed by atoms with E-state index in [2.05, 4.69) is 15.3 Å². The second-order valence-electron chi connectivity index (χ2n) is 4.22. The van der Waals surface area contributed by atoms with Gasteiger partial charge in [0.15, 0.2) is 0 Å². The van der Waals surface area contributed by atoms with E-state index in [-0.39, 0.29) is 0 Å². The maximum absolute atomic E-state index is 11.2. The Balaban J connectivity index is 2.95. The number of hydrogen-bond acceptors (Lipinski definition) is 5. The van der Waals surface area contributed by atoms with E-state index >= 15 is 0 Å². The van der Waals surface area contributed by atoms with Crippen molar-refractivity contribution < 1.29 is 9.53 Å². The number of ether oxygens (including phenoxy) is 1. The normalized spacial score (nSPS) is 11.1. The van der Waals surface area contributed by atoms with Crippen LogP contribution in [0.25, 0.3) is 0 Å². The molecule has 0 aliphatic carbocycles. The summed E-state index contributed by atoms with van der Waals surface area (Å²) in [5.41, 5.74) is 5.11. The van der Waals surface area contributed by atoms with Gasteiger partial charge >= 0.3 is 0 Å². The first-order valence-corrected chi connectivity index (χ1v) is 5.41. The van der Waals surface area contributed by atoms with E-state index in [1.165, 1.54) is 0 Å². The first-order valence-electron chi connectivity index (χ1n) is 5.41. The van der Waals surface area contributed by atoms with E-state index < -0.39 is 11.4 Å². The van der Waals surface area contributed by atoms with Gasteiger partial charge in [-0.2, -0.15) is 4.98 Å². The smallest absolute Gasteiger partial charge is 0.242 e. The number of anilines is 1. The minimum atomic E-state index is -0.905. The molecule has 1 heterocycles. The summed E-state index contributed by atoms with van der Waals surface area (Å²) in [6.07, 6.45) is 0.